The van der Waals surface area contributed by atoms with E-state index < -0.39 is 38.5 Å². The Morgan fingerprint density at radius 2 is 1.50 bits per heavy atom. The molecule has 0 bridgehead atoms. The molecular formula is C28H19N5O8S. The molecule has 1 aliphatic carbocycles. The third-order valence-corrected chi connectivity index (χ3v) is 7.08. The van der Waals surface area contributed by atoms with Gasteiger partial charge in [-0.3, -0.25) is 14.8 Å². The Balaban J connectivity index is 1.53. The smallest absolute Gasteiger partial charge is 0.335 e. The summed E-state index contributed by atoms with van der Waals surface area (Å²) in [6, 6.07) is 17.6. The van der Waals surface area contributed by atoms with Gasteiger partial charge in [0.1, 0.15) is 4.91 Å². The van der Waals surface area contributed by atoms with E-state index in [2.05, 4.69) is 20.8 Å². The molecule has 0 amide bonds. The molecule has 0 saturated heterocycles. The fraction of sp³-hybridized carbons (Fsp3) is 0. The molecule has 42 heavy (non-hydrogen) atoms. The molecule has 210 valence electrons. The Bertz CT molecular complexity index is 2000. The summed E-state index contributed by atoms with van der Waals surface area (Å²) in [6.07, 6.45) is 1.13. The van der Waals surface area contributed by atoms with Crippen molar-refractivity contribution in [3.05, 3.63) is 100.0 Å². The van der Waals surface area contributed by atoms with Gasteiger partial charge in [0.15, 0.2) is 5.71 Å². The number of ketones is 1. The summed E-state index contributed by atoms with van der Waals surface area (Å²) in [6.45, 7) is 0. The van der Waals surface area contributed by atoms with Gasteiger partial charge in [-0.1, -0.05) is 30.3 Å². The maximum atomic E-state index is 13.2. The largest absolute Gasteiger partial charge is 0.478 e. The number of nitrogens with one attached hydrogen (secondary N) is 1. The zero-order chi connectivity index (χ0) is 30.2. The number of carbonyl (C=O) groups excluding carboxylic acids is 1. The van der Waals surface area contributed by atoms with Crippen LogP contribution in [0.2, 0.25) is 0 Å². The molecule has 0 heterocycles. The predicted molar refractivity (Wildman–Crippen MR) is 154 cm³/mol. The lowest BCUT2D eigenvalue weighted by Gasteiger charge is -2.17. The summed E-state index contributed by atoms with van der Waals surface area (Å²) < 4.78 is 34.0. The number of carbonyl (C=O) groups is 3. The SMILES string of the molecule is Nc1ccc2c(c1)C(=O)/C(=N/Nc1ccc(N=Nc3cc(C(=O)O)cc(C(=O)O)c3)c3ccccc13)C(S(=O)(=O)O)=C2. The lowest BCUT2D eigenvalue weighted by Crippen LogP contribution is -2.27. The Hall–Kier alpha value is -5.73. The summed E-state index contributed by atoms with van der Waals surface area (Å²) in [7, 11) is -4.83. The highest BCUT2D eigenvalue weighted by Gasteiger charge is 2.33. The zero-order valence-electron chi connectivity index (χ0n) is 21.2. The van der Waals surface area contributed by atoms with Gasteiger partial charge in [0, 0.05) is 22.0 Å². The Morgan fingerprint density at radius 1 is 0.833 bits per heavy atom. The lowest BCUT2D eigenvalue weighted by molar-refractivity contribution is 0.0696. The van der Waals surface area contributed by atoms with Crippen molar-refractivity contribution in [1.29, 1.82) is 0 Å². The molecule has 0 fully saturated rings. The second-order valence-corrected chi connectivity index (χ2v) is 10.4. The number of carboxylic acid groups (broad SMARTS) is 2. The van der Waals surface area contributed by atoms with Gasteiger partial charge < -0.3 is 15.9 Å². The first-order chi connectivity index (χ1) is 19.9. The van der Waals surface area contributed by atoms with Crippen molar-refractivity contribution in [2.75, 3.05) is 11.2 Å². The molecule has 0 atom stereocenters. The Morgan fingerprint density at radius 3 is 2.14 bits per heavy atom. The number of Topliss-reactive ketones (excluding diaryl/α,β-unsaturated/α-hetero) is 1. The van der Waals surface area contributed by atoms with E-state index in [1.54, 1.807) is 24.3 Å². The van der Waals surface area contributed by atoms with Gasteiger partial charge in [-0.15, -0.1) is 5.11 Å². The number of hydrogen-bond acceptors (Lipinski definition) is 10. The number of nitrogens with zero attached hydrogens (tertiary/aromatic N) is 3. The van der Waals surface area contributed by atoms with Crippen molar-refractivity contribution in [2.45, 2.75) is 0 Å². The fourth-order valence-corrected chi connectivity index (χ4v) is 4.92. The number of allylic oxidation sites excluding steroid dienone is 1. The van der Waals surface area contributed by atoms with Crippen LogP contribution in [0, 0.1) is 0 Å². The van der Waals surface area contributed by atoms with Crippen molar-refractivity contribution in [2.24, 2.45) is 15.3 Å². The summed E-state index contributed by atoms with van der Waals surface area (Å²) >= 11 is 0. The third kappa shape index (κ3) is 5.47. The highest BCUT2D eigenvalue weighted by molar-refractivity contribution is 7.91. The van der Waals surface area contributed by atoms with Crippen LogP contribution in [0.25, 0.3) is 16.8 Å². The lowest BCUT2D eigenvalue weighted by atomic mass is 9.94. The van der Waals surface area contributed by atoms with Gasteiger partial charge in [-0.05, 0) is 54.1 Å². The molecule has 0 spiro atoms. The molecule has 14 heteroatoms. The maximum Gasteiger partial charge on any atom is 0.335 e. The van der Waals surface area contributed by atoms with Gasteiger partial charge >= 0.3 is 11.9 Å². The average molecular weight is 586 g/mol. The molecule has 0 aliphatic heterocycles. The van der Waals surface area contributed by atoms with Crippen LogP contribution in [0.5, 0.6) is 0 Å². The molecule has 0 unspecified atom stereocenters. The van der Waals surface area contributed by atoms with Gasteiger partial charge in [0.2, 0.25) is 5.78 Å². The summed E-state index contributed by atoms with van der Waals surface area (Å²) in [5, 5.41) is 31.9. The van der Waals surface area contributed by atoms with Gasteiger partial charge in [-0.25, -0.2) is 9.59 Å². The van der Waals surface area contributed by atoms with Crippen LogP contribution >= 0.6 is 0 Å². The van der Waals surface area contributed by atoms with Crippen molar-refractivity contribution >= 4 is 73.1 Å². The van der Waals surface area contributed by atoms with Crippen LogP contribution in [0.4, 0.5) is 22.7 Å². The first-order valence-corrected chi connectivity index (χ1v) is 13.4. The standard InChI is InChI=1S/C28H19N5O8S/c29-17-6-5-14-12-24(42(39,40)41)25(26(34)21(14)13-17)33-32-23-8-7-22(19-3-1-2-4-20(19)23)31-30-18-10-15(27(35)36)9-16(11-18)28(37)38/h1-13,32H,29H2,(H,35,36)(H,37,38)(H,39,40,41)/b31-30?,33-25+. The molecule has 4 aromatic rings. The average Bonchev–Trinajstić information content (AvgIpc) is 2.95. The van der Waals surface area contributed by atoms with Crippen molar-refractivity contribution in [3.8, 4) is 0 Å². The van der Waals surface area contributed by atoms with E-state index >= 15 is 0 Å². The number of carboxylic acids is 2. The number of hydrazone groups is 1. The van der Waals surface area contributed by atoms with Crippen LogP contribution in [0.1, 0.15) is 36.6 Å². The first kappa shape index (κ1) is 27.8. The number of benzene rings is 4. The normalized spacial score (nSPS) is 14.2. The molecular weight excluding hydrogens is 566 g/mol. The van der Waals surface area contributed by atoms with Crippen LogP contribution in [0.15, 0.2) is 93.0 Å². The van der Waals surface area contributed by atoms with E-state index in [4.69, 9.17) is 5.73 Å². The monoisotopic (exact) mass is 585 g/mol. The number of fused-ring (bicyclic) bond motifs is 2. The second-order valence-electron chi connectivity index (χ2n) is 8.99. The molecule has 5 rings (SSSR count). The number of aromatic carboxylic acids is 2. The van der Waals surface area contributed by atoms with E-state index in [9.17, 15) is 37.6 Å². The summed E-state index contributed by atoms with van der Waals surface area (Å²) in [5.74, 6) is -3.42. The van der Waals surface area contributed by atoms with Crippen molar-refractivity contribution < 1.29 is 37.6 Å². The molecule has 0 saturated carbocycles. The highest BCUT2D eigenvalue weighted by atomic mass is 32.2. The topological polar surface area (TPSA) is 221 Å². The minimum atomic E-state index is -4.83. The Kier molecular flexibility index (Phi) is 7.08. The zero-order valence-corrected chi connectivity index (χ0v) is 22.0. The first-order valence-electron chi connectivity index (χ1n) is 11.9. The van der Waals surface area contributed by atoms with Crippen LogP contribution in [0.3, 0.4) is 0 Å². The minimum absolute atomic E-state index is 0.00578. The number of hydrogen-bond donors (Lipinski definition) is 5. The van der Waals surface area contributed by atoms with Crippen LogP contribution in [-0.4, -0.2) is 46.6 Å². The van der Waals surface area contributed by atoms with Gasteiger partial charge in [-0.2, -0.15) is 18.6 Å². The van der Waals surface area contributed by atoms with E-state index in [-0.39, 0.29) is 33.6 Å². The molecule has 4 aromatic carbocycles. The second kappa shape index (κ2) is 10.7. The maximum absolute atomic E-state index is 13.2. The van der Waals surface area contributed by atoms with Crippen LogP contribution < -0.4 is 11.2 Å². The molecule has 1 aliphatic rings. The van der Waals surface area contributed by atoms with Crippen LogP contribution in [-0.2, 0) is 10.1 Å². The number of nitrogen functional groups attached to an aromatic ring is 1. The summed E-state index contributed by atoms with van der Waals surface area (Å²) in [5.41, 5.74) is 8.73. The summed E-state index contributed by atoms with van der Waals surface area (Å²) in [4.78, 5) is 35.3. The number of nitrogens with two attached hydrogens (primary N) is 1. The quantitative estimate of drug-likeness (QED) is 0.0832. The number of azo groups is 1. The van der Waals surface area contributed by atoms with E-state index in [1.165, 1.54) is 42.5 Å². The molecule has 0 aromatic heterocycles. The van der Waals surface area contributed by atoms with Gasteiger partial charge in [0.25, 0.3) is 10.1 Å². The van der Waals surface area contributed by atoms with Crippen molar-refractivity contribution in [1.82, 2.24) is 0 Å². The minimum Gasteiger partial charge on any atom is -0.478 e. The number of anilines is 2. The predicted octanol–water partition coefficient (Wildman–Crippen LogP) is 5.13. The molecule has 0 radical (unpaired) electrons. The fourth-order valence-electron chi connectivity index (χ4n) is 4.26. The third-order valence-electron chi connectivity index (χ3n) is 6.21. The molecule has 6 N–H and O–H groups in total. The van der Waals surface area contributed by atoms with E-state index in [1.807, 2.05) is 0 Å². The van der Waals surface area contributed by atoms with Gasteiger partial charge in [0.05, 0.1) is 28.2 Å². The van der Waals surface area contributed by atoms with Crippen molar-refractivity contribution in [3.63, 3.8) is 0 Å². The highest BCUT2D eigenvalue weighted by Crippen LogP contribution is 2.34. The Labute approximate surface area is 237 Å². The number of rotatable bonds is 7. The van der Waals surface area contributed by atoms with E-state index in [0.29, 0.717) is 22.1 Å². The molecule has 13 nitrogen and oxygen atoms in total. The van der Waals surface area contributed by atoms with E-state index in [0.717, 1.165) is 12.1 Å².